The van der Waals surface area contributed by atoms with E-state index in [1.54, 1.807) is 0 Å². The third-order valence-electron chi connectivity index (χ3n) is 6.47. The van der Waals surface area contributed by atoms with Crippen LogP contribution in [0.4, 0.5) is 0 Å². The summed E-state index contributed by atoms with van der Waals surface area (Å²) in [5.74, 6) is 0.572. The molecule has 2 heteroatoms. The highest BCUT2D eigenvalue weighted by molar-refractivity contribution is 5.06. The van der Waals surface area contributed by atoms with E-state index < -0.39 is 0 Å². The predicted octanol–water partition coefficient (Wildman–Crippen LogP) is 7.30. The van der Waals surface area contributed by atoms with Crippen LogP contribution in [-0.4, -0.2) is 23.9 Å². The molecule has 0 radical (unpaired) electrons. The van der Waals surface area contributed by atoms with E-state index in [4.69, 9.17) is 9.47 Å². The molecule has 3 atom stereocenters. The van der Waals surface area contributed by atoms with Crippen molar-refractivity contribution in [3.63, 3.8) is 0 Å². The molecule has 1 fully saturated rings. The van der Waals surface area contributed by atoms with Crippen LogP contribution in [0, 0.1) is 5.92 Å². The lowest BCUT2D eigenvalue weighted by molar-refractivity contribution is -0.277. The molecule has 1 heterocycles. The first-order valence-electron chi connectivity index (χ1n) is 11.3. The molecule has 0 N–H and O–H groups in total. The molecule has 0 saturated carbocycles. The second kappa shape index (κ2) is 11.6. The topological polar surface area (TPSA) is 18.5 Å². The molecule has 1 rings (SSSR count). The predicted molar refractivity (Wildman–Crippen MR) is 109 cm³/mol. The minimum atomic E-state index is -0.116. The van der Waals surface area contributed by atoms with Crippen molar-refractivity contribution >= 4 is 0 Å². The van der Waals surface area contributed by atoms with Gasteiger partial charge in [0.1, 0.15) is 0 Å². The van der Waals surface area contributed by atoms with E-state index in [0.717, 1.165) is 32.3 Å². The van der Waals surface area contributed by atoms with Gasteiger partial charge in [0.2, 0.25) is 0 Å². The molecule has 1 aliphatic heterocycles. The molecule has 0 aromatic carbocycles. The fraction of sp³-hybridized carbons (Fsp3) is 1.00. The molecular weight excluding hydrogens is 308 g/mol. The first-order valence-corrected chi connectivity index (χ1v) is 11.3. The molecule has 0 amide bonds. The van der Waals surface area contributed by atoms with Crippen LogP contribution in [0.3, 0.4) is 0 Å². The Morgan fingerprint density at radius 3 is 2.04 bits per heavy atom. The number of unbranched alkanes of at least 4 members (excludes halogenated alkanes) is 7. The summed E-state index contributed by atoms with van der Waals surface area (Å²) in [5.41, 5.74) is -0.207. The van der Waals surface area contributed by atoms with Gasteiger partial charge in [-0.3, -0.25) is 0 Å². The smallest absolute Gasteiger partial charge is 0.0997 e. The van der Waals surface area contributed by atoms with Crippen molar-refractivity contribution < 1.29 is 9.47 Å². The molecule has 25 heavy (non-hydrogen) atoms. The Morgan fingerprint density at radius 1 is 0.920 bits per heavy atom. The Hall–Kier alpha value is -0.0800. The zero-order chi connectivity index (χ0) is 18.8. The third-order valence-corrected chi connectivity index (χ3v) is 6.47. The van der Waals surface area contributed by atoms with Crippen LogP contribution < -0.4 is 0 Å². The summed E-state index contributed by atoms with van der Waals surface area (Å²) in [6.45, 7) is 14.5. The van der Waals surface area contributed by atoms with E-state index >= 15 is 0 Å². The molecule has 0 spiro atoms. The number of ether oxygens (including phenoxy) is 2. The van der Waals surface area contributed by atoms with E-state index in [1.165, 1.54) is 51.4 Å². The van der Waals surface area contributed by atoms with Crippen molar-refractivity contribution in [2.45, 2.75) is 136 Å². The maximum absolute atomic E-state index is 6.64. The van der Waals surface area contributed by atoms with Gasteiger partial charge in [-0.25, -0.2) is 0 Å². The largest absolute Gasteiger partial charge is 0.372 e. The number of rotatable bonds is 13. The molecule has 1 aliphatic rings. The second-order valence-corrected chi connectivity index (χ2v) is 8.52. The monoisotopic (exact) mass is 354 g/mol. The van der Waals surface area contributed by atoms with Gasteiger partial charge in [-0.15, -0.1) is 0 Å². The van der Waals surface area contributed by atoms with Crippen LogP contribution in [0.15, 0.2) is 0 Å². The summed E-state index contributed by atoms with van der Waals surface area (Å²) in [7, 11) is 0. The van der Waals surface area contributed by atoms with Crippen molar-refractivity contribution in [3.8, 4) is 0 Å². The maximum atomic E-state index is 6.64. The first-order chi connectivity index (χ1) is 12.0. The highest BCUT2D eigenvalue weighted by atomic mass is 16.6. The summed E-state index contributed by atoms with van der Waals surface area (Å²) in [4.78, 5) is 0. The fourth-order valence-electron chi connectivity index (χ4n) is 5.04. The Morgan fingerprint density at radius 2 is 1.52 bits per heavy atom. The average Bonchev–Trinajstić information content (AvgIpc) is 2.59. The van der Waals surface area contributed by atoms with E-state index in [9.17, 15) is 0 Å². The van der Waals surface area contributed by atoms with Crippen LogP contribution in [0.25, 0.3) is 0 Å². The lowest BCUT2D eigenvalue weighted by Gasteiger charge is -2.56. The standard InChI is InChI=1S/C23H46O2/c1-7-10-11-12-13-14-15-16-18-22(8-2)23(9-3,25-20(4)5)21(6)17-19-24-22/h20-21H,7-19H2,1-6H3. The lowest BCUT2D eigenvalue weighted by atomic mass is 9.66. The normalized spacial score (nSPS) is 30.1. The zero-order valence-electron chi connectivity index (χ0n) is 18.2. The van der Waals surface area contributed by atoms with Crippen molar-refractivity contribution in [2.24, 2.45) is 5.92 Å². The SMILES string of the molecule is CCCCCCCCCCC1(CC)OCCC(C)C1(CC)OC(C)C. The van der Waals surface area contributed by atoms with Crippen molar-refractivity contribution in [1.29, 1.82) is 0 Å². The van der Waals surface area contributed by atoms with Gasteiger partial charge in [0.05, 0.1) is 17.3 Å². The van der Waals surface area contributed by atoms with Gasteiger partial charge in [-0.2, -0.15) is 0 Å². The fourth-order valence-corrected chi connectivity index (χ4v) is 5.04. The molecule has 3 unspecified atom stereocenters. The molecular formula is C23H46O2. The highest BCUT2D eigenvalue weighted by Crippen LogP contribution is 2.49. The number of hydrogen-bond acceptors (Lipinski definition) is 2. The average molecular weight is 355 g/mol. The molecule has 0 bridgehead atoms. The molecule has 1 saturated heterocycles. The Labute approximate surface area is 158 Å². The van der Waals surface area contributed by atoms with Gasteiger partial charge in [-0.1, -0.05) is 79.1 Å². The lowest BCUT2D eigenvalue weighted by Crippen LogP contribution is -2.64. The third kappa shape index (κ3) is 5.96. The molecule has 0 aliphatic carbocycles. The zero-order valence-corrected chi connectivity index (χ0v) is 18.2. The van der Waals surface area contributed by atoms with E-state index in [0.29, 0.717) is 5.92 Å². The van der Waals surface area contributed by atoms with Crippen LogP contribution in [-0.2, 0) is 9.47 Å². The second-order valence-electron chi connectivity index (χ2n) is 8.52. The summed E-state index contributed by atoms with van der Waals surface area (Å²) in [6, 6.07) is 0. The Kier molecular flexibility index (Phi) is 10.6. The van der Waals surface area contributed by atoms with Gasteiger partial charge < -0.3 is 9.47 Å². The summed E-state index contributed by atoms with van der Waals surface area (Å²) in [6.07, 6.45) is 15.6. The minimum Gasteiger partial charge on any atom is -0.372 e. The van der Waals surface area contributed by atoms with Gasteiger partial charge >= 0.3 is 0 Å². The van der Waals surface area contributed by atoms with E-state index in [-0.39, 0.29) is 17.3 Å². The van der Waals surface area contributed by atoms with Gasteiger partial charge in [-0.05, 0) is 45.4 Å². The minimum absolute atomic E-state index is 0.0914. The quantitative estimate of drug-likeness (QED) is 0.323. The summed E-state index contributed by atoms with van der Waals surface area (Å²) < 4.78 is 13.2. The van der Waals surface area contributed by atoms with Crippen LogP contribution in [0.2, 0.25) is 0 Å². The Bertz CT molecular complexity index is 341. The summed E-state index contributed by atoms with van der Waals surface area (Å²) in [5, 5.41) is 0. The van der Waals surface area contributed by atoms with E-state index in [2.05, 4.69) is 41.5 Å². The van der Waals surface area contributed by atoms with Crippen LogP contribution >= 0.6 is 0 Å². The highest BCUT2D eigenvalue weighted by Gasteiger charge is 2.56. The van der Waals surface area contributed by atoms with Crippen LogP contribution in [0.1, 0.15) is 119 Å². The number of hydrogen-bond donors (Lipinski definition) is 0. The van der Waals surface area contributed by atoms with Gasteiger partial charge in [0, 0.05) is 6.61 Å². The van der Waals surface area contributed by atoms with E-state index in [1.807, 2.05) is 0 Å². The Balaban J connectivity index is 2.63. The first kappa shape index (κ1) is 23.0. The maximum Gasteiger partial charge on any atom is 0.0997 e. The van der Waals surface area contributed by atoms with Crippen molar-refractivity contribution in [3.05, 3.63) is 0 Å². The summed E-state index contributed by atoms with van der Waals surface area (Å²) >= 11 is 0. The molecule has 150 valence electrons. The molecule has 0 aromatic rings. The van der Waals surface area contributed by atoms with Crippen LogP contribution in [0.5, 0.6) is 0 Å². The van der Waals surface area contributed by atoms with Crippen molar-refractivity contribution in [1.82, 2.24) is 0 Å². The molecule has 0 aromatic heterocycles. The molecule has 2 nitrogen and oxygen atoms in total. The van der Waals surface area contributed by atoms with Gasteiger partial charge in [0.25, 0.3) is 0 Å². The van der Waals surface area contributed by atoms with Gasteiger partial charge in [0.15, 0.2) is 0 Å². The van der Waals surface area contributed by atoms with Crippen molar-refractivity contribution in [2.75, 3.05) is 6.61 Å².